The second-order valence-corrected chi connectivity index (χ2v) is 18.1. The fraction of sp³-hybridized carbons (Fsp3) is 0.267. The first-order valence-corrected chi connectivity index (χ1v) is 19.9. The van der Waals surface area contributed by atoms with Crippen LogP contribution in [0.2, 0.25) is 11.1 Å². The lowest BCUT2D eigenvalue weighted by atomic mass is 9.99. The highest BCUT2D eigenvalue weighted by Crippen LogP contribution is 2.48. The molecular weight excluding hydrogens is 625 g/mol. The fourth-order valence-corrected chi connectivity index (χ4v) is 15.9. The molecule has 2 aliphatic carbocycles. The first-order chi connectivity index (χ1) is 30.2. The third-order valence-electron chi connectivity index (χ3n) is 10.9. The Balaban J connectivity index is 1.40. The zero-order chi connectivity index (χ0) is 44.6. The van der Waals surface area contributed by atoms with Crippen molar-refractivity contribution in [2.24, 2.45) is 0 Å². The van der Waals surface area contributed by atoms with Crippen LogP contribution in [0.4, 0.5) is 0 Å². The first-order valence-electron chi connectivity index (χ1n) is 24.2. The van der Waals surface area contributed by atoms with Crippen molar-refractivity contribution >= 4 is 40.3 Å². The standard InChI is InChI=1S/C45H44N4Si/c1-5-18-33(19-6-1)43-46-44(48-45(47-43)49-41-30-15-13-28-39(41)40-29-14-16-31-42(40)49)34-20-17-27-38(32-34)50(35-21-7-2-8-22-35,36-23-9-3-10-24-36)37-25-11-4-12-26-37/h1-2,5-8,13-22,27-32,36-37H,3-4,9-12,23-26H2/i1D,5D,6D,13D,14D,15D,16D,18D,19D,28D,29D,30D,31D. The molecule has 5 heteroatoms. The van der Waals surface area contributed by atoms with Crippen LogP contribution in [0.3, 0.4) is 0 Å². The summed E-state index contributed by atoms with van der Waals surface area (Å²) in [6.07, 6.45) is 11.6. The number of hydrogen-bond acceptors (Lipinski definition) is 3. The topological polar surface area (TPSA) is 43.6 Å². The third kappa shape index (κ3) is 5.39. The summed E-state index contributed by atoms with van der Waals surface area (Å²) in [5.74, 6) is -0.600. The average molecular weight is 682 g/mol. The van der Waals surface area contributed by atoms with E-state index < -0.39 is 86.6 Å². The number of benzene rings is 5. The molecule has 0 spiro atoms. The number of para-hydroxylation sites is 2. The summed E-state index contributed by atoms with van der Waals surface area (Å²) in [6, 6.07) is 11.5. The molecule has 2 aliphatic rings. The van der Waals surface area contributed by atoms with E-state index in [2.05, 4.69) is 42.5 Å². The molecule has 0 atom stereocenters. The van der Waals surface area contributed by atoms with Crippen LogP contribution in [-0.4, -0.2) is 27.6 Å². The molecule has 50 heavy (non-hydrogen) atoms. The zero-order valence-electron chi connectivity index (χ0n) is 40.7. The molecule has 0 amide bonds. The summed E-state index contributed by atoms with van der Waals surface area (Å²) in [5, 5.41) is 2.26. The van der Waals surface area contributed by atoms with Gasteiger partial charge in [-0.15, -0.1) is 0 Å². The molecule has 2 aromatic heterocycles. The van der Waals surface area contributed by atoms with Crippen LogP contribution >= 0.6 is 0 Å². The van der Waals surface area contributed by atoms with Crippen molar-refractivity contribution in [3.63, 3.8) is 0 Å². The van der Waals surface area contributed by atoms with E-state index in [1.54, 1.807) is 0 Å². The predicted molar refractivity (Wildman–Crippen MR) is 210 cm³/mol. The smallest absolute Gasteiger partial charge is 0.238 e. The van der Waals surface area contributed by atoms with Crippen LogP contribution in [-0.2, 0) is 0 Å². The lowest BCUT2D eigenvalue weighted by Gasteiger charge is -2.48. The van der Waals surface area contributed by atoms with E-state index >= 15 is 0 Å². The van der Waals surface area contributed by atoms with Gasteiger partial charge in [0.1, 0.15) is 8.07 Å². The van der Waals surface area contributed by atoms with Crippen molar-refractivity contribution in [3.8, 4) is 28.7 Å². The summed E-state index contributed by atoms with van der Waals surface area (Å²) in [6.45, 7) is 0. The molecule has 9 rings (SSSR count). The SMILES string of the molecule is [2H]c1c([2H])c([2H])c(-c2nc(-c3cccc([Si](c4ccccc4)(C4CCCCC4)C4CCCCC4)c3)nc(-n3c4c([2H])c([2H])c([2H])c([2H])c4c4c([2H])c([2H])c([2H])c([2H])c43)n2)c([2H])c1[2H]. The van der Waals surface area contributed by atoms with E-state index in [0.717, 1.165) is 51.4 Å². The molecule has 0 bridgehead atoms. The maximum Gasteiger partial charge on any atom is 0.238 e. The molecule has 7 aromatic rings. The van der Waals surface area contributed by atoms with Crippen LogP contribution in [0.1, 0.15) is 82.0 Å². The van der Waals surface area contributed by atoms with Crippen molar-refractivity contribution in [3.05, 3.63) is 133 Å². The van der Waals surface area contributed by atoms with Gasteiger partial charge in [-0.25, -0.2) is 4.98 Å². The highest BCUT2D eigenvalue weighted by Gasteiger charge is 2.50. The highest BCUT2D eigenvalue weighted by atomic mass is 28.3. The quantitative estimate of drug-likeness (QED) is 0.157. The Hall–Kier alpha value is -4.87. The molecule has 0 aliphatic heterocycles. The second-order valence-electron chi connectivity index (χ2n) is 13.6. The summed E-state index contributed by atoms with van der Waals surface area (Å²) >= 11 is 0. The number of hydrogen-bond donors (Lipinski definition) is 0. The molecule has 2 heterocycles. The van der Waals surface area contributed by atoms with Gasteiger partial charge in [-0.1, -0.05) is 196 Å². The second kappa shape index (κ2) is 13.4. The van der Waals surface area contributed by atoms with Gasteiger partial charge in [0.25, 0.3) is 0 Å². The molecule has 2 fully saturated rings. The van der Waals surface area contributed by atoms with Gasteiger partial charge < -0.3 is 0 Å². The molecule has 0 saturated heterocycles. The van der Waals surface area contributed by atoms with Gasteiger partial charge in [-0.3, -0.25) is 4.57 Å². The van der Waals surface area contributed by atoms with E-state index in [4.69, 9.17) is 32.8 Å². The van der Waals surface area contributed by atoms with Crippen LogP contribution in [0.25, 0.3) is 50.5 Å². The molecule has 2 saturated carbocycles. The zero-order valence-corrected chi connectivity index (χ0v) is 28.7. The largest absolute Gasteiger partial charge is 0.278 e. The number of aromatic nitrogens is 4. The van der Waals surface area contributed by atoms with Crippen LogP contribution < -0.4 is 10.4 Å². The third-order valence-corrected chi connectivity index (χ3v) is 17.2. The highest BCUT2D eigenvalue weighted by molar-refractivity contribution is 7.04. The fourth-order valence-electron chi connectivity index (χ4n) is 8.88. The summed E-state index contributed by atoms with van der Waals surface area (Å²) < 4.78 is 115. The Morgan fingerprint density at radius 3 is 1.68 bits per heavy atom. The lowest BCUT2D eigenvalue weighted by molar-refractivity contribution is 0.459. The van der Waals surface area contributed by atoms with E-state index in [-0.39, 0.29) is 45.0 Å². The van der Waals surface area contributed by atoms with Crippen LogP contribution in [0.15, 0.2) is 133 Å². The Morgan fingerprint density at radius 1 is 0.520 bits per heavy atom. The molecule has 0 unspecified atom stereocenters. The van der Waals surface area contributed by atoms with E-state index in [0.29, 0.717) is 16.6 Å². The maximum atomic E-state index is 9.13. The summed E-state index contributed by atoms with van der Waals surface area (Å²) in [5.41, 5.74) is 0.743. The first kappa shape index (κ1) is 20.1. The Bertz CT molecular complexity index is 2860. The van der Waals surface area contributed by atoms with Gasteiger partial charge in [0.05, 0.1) is 28.9 Å². The summed E-state index contributed by atoms with van der Waals surface area (Å²) in [7, 11) is -2.59. The van der Waals surface area contributed by atoms with Crippen molar-refractivity contribution < 1.29 is 17.8 Å². The van der Waals surface area contributed by atoms with Gasteiger partial charge in [0.15, 0.2) is 11.6 Å². The molecular formula is C45H44N4Si. The molecule has 5 aromatic carbocycles. The number of fused-ring (bicyclic) bond motifs is 3. The Morgan fingerprint density at radius 2 is 1.06 bits per heavy atom. The normalized spacial score (nSPS) is 19.9. The van der Waals surface area contributed by atoms with Crippen LogP contribution in [0.5, 0.6) is 0 Å². The maximum absolute atomic E-state index is 9.13. The minimum absolute atomic E-state index is 0.0450. The van der Waals surface area contributed by atoms with Gasteiger partial charge in [-0.05, 0) is 23.2 Å². The van der Waals surface area contributed by atoms with Crippen LogP contribution in [0, 0.1) is 0 Å². The monoisotopic (exact) mass is 681 g/mol. The van der Waals surface area contributed by atoms with Gasteiger partial charge in [-0.2, -0.15) is 9.97 Å². The Kier molecular flexibility index (Phi) is 5.40. The lowest BCUT2D eigenvalue weighted by Crippen LogP contribution is -2.65. The van der Waals surface area contributed by atoms with Crippen molar-refractivity contribution in [2.75, 3.05) is 0 Å². The number of nitrogens with zero attached hydrogens (tertiary/aromatic N) is 4. The molecule has 4 nitrogen and oxygen atoms in total. The average Bonchev–Trinajstić information content (AvgIpc) is 3.68. The summed E-state index contributed by atoms with van der Waals surface area (Å²) in [4.78, 5) is 14.5. The minimum atomic E-state index is -2.59. The van der Waals surface area contributed by atoms with E-state index in [1.807, 2.05) is 12.1 Å². The van der Waals surface area contributed by atoms with Crippen molar-refractivity contribution in [1.82, 2.24) is 19.5 Å². The van der Waals surface area contributed by atoms with Gasteiger partial charge in [0, 0.05) is 21.9 Å². The minimum Gasteiger partial charge on any atom is -0.278 e. The van der Waals surface area contributed by atoms with Gasteiger partial charge in [0.2, 0.25) is 5.95 Å². The molecule has 248 valence electrons. The van der Waals surface area contributed by atoms with Crippen molar-refractivity contribution in [2.45, 2.75) is 75.3 Å². The molecule has 0 radical (unpaired) electrons. The Labute approximate surface area is 314 Å². The van der Waals surface area contributed by atoms with Crippen molar-refractivity contribution in [1.29, 1.82) is 0 Å². The predicted octanol–water partition coefficient (Wildman–Crippen LogP) is 10.5. The van der Waals surface area contributed by atoms with E-state index in [9.17, 15) is 0 Å². The van der Waals surface area contributed by atoms with E-state index in [1.165, 1.54) is 27.8 Å². The molecule has 0 N–H and O–H groups in total. The van der Waals surface area contributed by atoms with Gasteiger partial charge >= 0.3 is 0 Å². The number of rotatable bonds is 7.